The Morgan fingerprint density at radius 1 is 1.58 bits per heavy atom. The van der Waals surface area contributed by atoms with Gasteiger partial charge in [0.1, 0.15) is 6.61 Å². The van der Waals surface area contributed by atoms with Crippen LogP contribution in [-0.2, 0) is 14.2 Å². The van der Waals surface area contributed by atoms with Crippen molar-refractivity contribution in [2.75, 3.05) is 13.7 Å². The van der Waals surface area contributed by atoms with Crippen LogP contribution in [0, 0.1) is 5.92 Å². The lowest BCUT2D eigenvalue weighted by atomic mass is 10.1. The smallest absolute Gasteiger partial charge is 0.183 e. The van der Waals surface area contributed by atoms with E-state index in [2.05, 4.69) is 13.8 Å². The quantitative estimate of drug-likeness (QED) is 0.650. The van der Waals surface area contributed by atoms with Crippen LogP contribution in [0.5, 0.6) is 0 Å². The van der Waals surface area contributed by atoms with Gasteiger partial charge in [0, 0.05) is 13.0 Å². The highest BCUT2D eigenvalue weighted by Crippen LogP contribution is 2.22. The fraction of sp³-hybridized carbons (Fsp3) is 1.00. The summed E-state index contributed by atoms with van der Waals surface area (Å²) in [5.41, 5.74) is 0. The van der Waals surface area contributed by atoms with Crippen molar-refractivity contribution in [3.8, 4) is 0 Å². The minimum Gasteiger partial charge on any atom is -0.353 e. The molecule has 0 radical (unpaired) electrons. The van der Waals surface area contributed by atoms with Crippen LogP contribution in [-0.4, -0.2) is 26.3 Å². The first-order valence-electron chi connectivity index (χ1n) is 4.57. The maximum atomic E-state index is 5.48. The van der Waals surface area contributed by atoms with Gasteiger partial charge in [0.05, 0.1) is 0 Å². The Balaban J connectivity index is 2.25. The molecule has 72 valence electrons. The van der Waals surface area contributed by atoms with E-state index in [9.17, 15) is 0 Å². The second kappa shape index (κ2) is 4.80. The third-order valence-corrected chi connectivity index (χ3v) is 2.15. The van der Waals surface area contributed by atoms with Gasteiger partial charge in [-0.1, -0.05) is 20.3 Å². The van der Waals surface area contributed by atoms with E-state index in [4.69, 9.17) is 14.2 Å². The van der Waals surface area contributed by atoms with Crippen molar-refractivity contribution in [2.24, 2.45) is 5.92 Å². The van der Waals surface area contributed by atoms with Crippen molar-refractivity contribution >= 4 is 0 Å². The summed E-state index contributed by atoms with van der Waals surface area (Å²) in [4.78, 5) is 0. The summed E-state index contributed by atoms with van der Waals surface area (Å²) in [5.74, 6) is 0.468. The van der Waals surface area contributed by atoms with Gasteiger partial charge in [-0.3, -0.25) is 0 Å². The summed E-state index contributed by atoms with van der Waals surface area (Å²) >= 11 is 0. The normalized spacial score (nSPS) is 32.2. The second-order valence-electron chi connectivity index (χ2n) is 3.27. The Labute approximate surface area is 74.0 Å². The lowest BCUT2D eigenvalue weighted by Gasteiger charge is -2.17. The van der Waals surface area contributed by atoms with Gasteiger partial charge in [0.2, 0.25) is 0 Å². The highest BCUT2D eigenvalue weighted by Gasteiger charge is 2.29. The molecule has 1 saturated heterocycles. The third-order valence-electron chi connectivity index (χ3n) is 2.15. The molecule has 3 atom stereocenters. The SMILES string of the molecule is CCCC(C)C1OCC(OC)O1. The monoisotopic (exact) mass is 174 g/mol. The van der Waals surface area contributed by atoms with E-state index in [1.807, 2.05) is 0 Å². The highest BCUT2D eigenvalue weighted by molar-refractivity contribution is 4.63. The number of hydrogen-bond acceptors (Lipinski definition) is 3. The number of rotatable bonds is 4. The maximum absolute atomic E-state index is 5.48. The molecular formula is C9H18O3. The van der Waals surface area contributed by atoms with Crippen LogP contribution < -0.4 is 0 Å². The Morgan fingerprint density at radius 2 is 2.33 bits per heavy atom. The largest absolute Gasteiger partial charge is 0.353 e. The van der Waals surface area contributed by atoms with Crippen LogP contribution in [0.2, 0.25) is 0 Å². The van der Waals surface area contributed by atoms with Crippen molar-refractivity contribution in [1.29, 1.82) is 0 Å². The molecule has 1 fully saturated rings. The molecule has 0 amide bonds. The molecule has 1 rings (SSSR count). The predicted molar refractivity (Wildman–Crippen MR) is 45.7 cm³/mol. The van der Waals surface area contributed by atoms with Crippen LogP contribution in [0.4, 0.5) is 0 Å². The van der Waals surface area contributed by atoms with Gasteiger partial charge in [-0.25, -0.2) is 0 Å². The van der Waals surface area contributed by atoms with Crippen LogP contribution in [0.3, 0.4) is 0 Å². The average molecular weight is 174 g/mol. The average Bonchev–Trinajstić information content (AvgIpc) is 2.52. The molecule has 3 unspecified atom stereocenters. The molecule has 0 aliphatic carbocycles. The second-order valence-corrected chi connectivity index (χ2v) is 3.27. The van der Waals surface area contributed by atoms with Gasteiger partial charge in [-0.05, 0) is 6.42 Å². The number of hydrogen-bond donors (Lipinski definition) is 0. The summed E-state index contributed by atoms with van der Waals surface area (Å²) in [5, 5.41) is 0. The van der Waals surface area contributed by atoms with Gasteiger partial charge in [0.15, 0.2) is 12.6 Å². The van der Waals surface area contributed by atoms with Crippen LogP contribution in [0.15, 0.2) is 0 Å². The first-order chi connectivity index (χ1) is 5.77. The molecule has 0 spiro atoms. The van der Waals surface area contributed by atoms with E-state index in [0.717, 1.165) is 6.42 Å². The first-order valence-corrected chi connectivity index (χ1v) is 4.57. The lowest BCUT2D eigenvalue weighted by Crippen LogP contribution is -2.20. The van der Waals surface area contributed by atoms with Crippen molar-refractivity contribution in [3.63, 3.8) is 0 Å². The van der Waals surface area contributed by atoms with Crippen LogP contribution in [0.1, 0.15) is 26.7 Å². The molecule has 0 saturated carbocycles. The Morgan fingerprint density at radius 3 is 2.83 bits per heavy atom. The van der Waals surface area contributed by atoms with Gasteiger partial charge in [0.25, 0.3) is 0 Å². The van der Waals surface area contributed by atoms with Gasteiger partial charge in [-0.2, -0.15) is 0 Å². The van der Waals surface area contributed by atoms with E-state index < -0.39 is 0 Å². The standard InChI is InChI=1S/C9H18O3/c1-4-5-7(2)9-11-6-8(10-3)12-9/h7-9H,4-6H2,1-3H3. The van der Waals surface area contributed by atoms with Crippen LogP contribution >= 0.6 is 0 Å². The molecule has 1 aliphatic heterocycles. The minimum absolute atomic E-state index is 0.0603. The maximum Gasteiger partial charge on any atom is 0.183 e. The summed E-state index contributed by atoms with van der Waals surface area (Å²) in [6, 6.07) is 0. The Bertz CT molecular complexity index is 127. The topological polar surface area (TPSA) is 27.7 Å². The zero-order valence-electron chi connectivity index (χ0n) is 8.08. The fourth-order valence-electron chi connectivity index (χ4n) is 1.41. The number of methoxy groups -OCH3 is 1. The zero-order chi connectivity index (χ0) is 8.97. The Kier molecular flexibility index (Phi) is 3.98. The van der Waals surface area contributed by atoms with Gasteiger partial charge >= 0.3 is 0 Å². The van der Waals surface area contributed by atoms with Crippen LogP contribution in [0.25, 0.3) is 0 Å². The van der Waals surface area contributed by atoms with E-state index in [0.29, 0.717) is 12.5 Å². The van der Waals surface area contributed by atoms with Gasteiger partial charge < -0.3 is 14.2 Å². The molecule has 0 aromatic heterocycles. The molecule has 3 nitrogen and oxygen atoms in total. The molecule has 0 bridgehead atoms. The van der Waals surface area contributed by atoms with Crippen molar-refractivity contribution < 1.29 is 14.2 Å². The first kappa shape index (κ1) is 9.96. The summed E-state index contributed by atoms with van der Waals surface area (Å²) in [7, 11) is 1.64. The lowest BCUT2D eigenvalue weighted by molar-refractivity contribution is -0.149. The molecule has 0 N–H and O–H groups in total. The van der Waals surface area contributed by atoms with Gasteiger partial charge in [-0.15, -0.1) is 0 Å². The van der Waals surface area contributed by atoms with E-state index >= 15 is 0 Å². The summed E-state index contributed by atoms with van der Waals surface area (Å²) < 4.78 is 15.9. The van der Waals surface area contributed by atoms with Crippen molar-refractivity contribution in [1.82, 2.24) is 0 Å². The number of ether oxygens (including phenoxy) is 3. The fourth-order valence-corrected chi connectivity index (χ4v) is 1.41. The third kappa shape index (κ3) is 2.44. The molecule has 12 heavy (non-hydrogen) atoms. The molecular weight excluding hydrogens is 156 g/mol. The zero-order valence-corrected chi connectivity index (χ0v) is 8.08. The highest BCUT2D eigenvalue weighted by atomic mass is 16.8. The van der Waals surface area contributed by atoms with Crippen molar-refractivity contribution in [2.45, 2.75) is 39.3 Å². The van der Waals surface area contributed by atoms with E-state index in [-0.39, 0.29) is 12.6 Å². The molecule has 1 aliphatic rings. The van der Waals surface area contributed by atoms with Crippen molar-refractivity contribution in [3.05, 3.63) is 0 Å². The van der Waals surface area contributed by atoms with E-state index in [1.54, 1.807) is 7.11 Å². The van der Waals surface area contributed by atoms with E-state index in [1.165, 1.54) is 6.42 Å². The summed E-state index contributed by atoms with van der Waals surface area (Å²) in [6.07, 6.45) is 2.09. The molecule has 1 heterocycles. The molecule has 3 heteroatoms. The minimum atomic E-state index is -0.158. The predicted octanol–water partition coefficient (Wildman–Crippen LogP) is 1.77. The molecule has 0 aromatic rings. The molecule has 0 aromatic carbocycles. The summed E-state index contributed by atoms with van der Waals surface area (Å²) in [6.45, 7) is 4.88. The Hall–Kier alpha value is -0.120.